The van der Waals surface area contributed by atoms with Crippen LogP contribution in [0, 0.1) is 5.41 Å². The molecule has 2 aromatic rings. The second-order valence-corrected chi connectivity index (χ2v) is 6.12. The minimum atomic E-state index is -0.433. The number of carbonyl (C=O) groups is 1. The van der Waals surface area contributed by atoms with E-state index in [2.05, 4.69) is 20.7 Å². The van der Waals surface area contributed by atoms with Gasteiger partial charge in [-0.05, 0) is 49.7 Å². The summed E-state index contributed by atoms with van der Waals surface area (Å²) < 4.78 is 7.01. The molecule has 3 heterocycles. The number of aromatic nitrogens is 3. The van der Waals surface area contributed by atoms with E-state index in [4.69, 9.17) is 4.74 Å². The molecule has 0 spiro atoms. The van der Waals surface area contributed by atoms with Crippen LogP contribution in [0.25, 0.3) is 5.82 Å². The average molecular weight is 402 g/mol. The number of nitrogens with zero attached hydrogens (tertiary/aromatic N) is 3. The lowest BCUT2D eigenvalue weighted by molar-refractivity contribution is -0.136. The zero-order valence-corrected chi connectivity index (χ0v) is 16.3. The first-order valence-corrected chi connectivity index (χ1v) is 8.16. The Hall–Kier alpha value is -1.67. The van der Waals surface area contributed by atoms with Gasteiger partial charge in [0.2, 0.25) is 5.91 Å². The maximum atomic E-state index is 12.7. The molecule has 144 valence electrons. The third-order valence-corrected chi connectivity index (χ3v) is 4.47. The van der Waals surface area contributed by atoms with Crippen LogP contribution in [0.3, 0.4) is 0 Å². The third kappa shape index (κ3) is 5.17. The predicted molar refractivity (Wildman–Crippen MR) is 104 cm³/mol. The molecule has 2 aromatic heterocycles. The number of rotatable bonds is 6. The van der Waals surface area contributed by atoms with Crippen molar-refractivity contribution >= 4 is 30.7 Å². The van der Waals surface area contributed by atoms with Crippen molar-refractivity contribution in [3.05, 3.63) is 42.4 Å². The van der Waals surface area contributed by atoms with Gasteiger partial charge in [-0.25, -0.2) is 9.67 Å². The minimum absolute atomic E-state index is 0. The zero-order valence-electron chi connectivity index (χ0n) is 14.7. The lowest BCUT2D eigenvalue weighted by atomic mass is 9.78. The van der Waals surface area contributed by atoms with E-state index < -0.39 is 5.41 Å². The molecule has 0 bridgehead atoms. The molecule has 26 heavy (non-hydrogen) atoms. The van der Waals surface area contributed by atoms with Crippen molar-refractivity contribution in [2.75, 3.05) is 26.8 Å². The van der Waals surface area contributed by atoms with Crippen molar-refractivity contribution < 1.29 is 9.53 Å². The summed E-state index contributed by atoms with van der Waals surface area (Å²) in [7, 11) is 1.65. The van der Waals surface area contributed by atoms with Gasteiger partial charge >= 0.3 is 0 Å². The molecule has 1 saturated heterocycles. The van der Waals surface area contributed by atoms with Gasteiger partial charge in [0.05, 0.1) is 12.0 Å². The Kier molecular flexibility index (Phi) is 9.01. The summed E-state index contributed by atoms with van der Waals surface area (Å²) in [4.78, 5) is 17.0. The van der Waals surface area contributed by atoms with Crippen LogP contribution in [0.1, 0.15) is 18.4 Å². The molecule has 1 amide bonds. The number of halogens is 2. The number of pyridine rings is 1. The third-order valence-electron chi connectivity index (χ3n) is 4.47. The fraction of sp³-hybridized carbons (Fsp3) is 0.471. The standard InChI is InChI=1S/C17H23N5O2.2ClH/c1-24-13-17(4-8-18-9-5-17)16(23)20-12-14-3-7-19-15(11-14)22-10-2-6-21-22;;/h2-3,6-7,10-11,18H,4-5,8-9,12-13H2,1H3,(H,20,23);2*1H. The van der Waals surface area contributed by atoms with E-state index >= 15 is 0 Å². The SMILES string of the molecule is COCC1(C(=O)NCc2ccnc(-n3cccn3)c2)CCNCC1.Cl.Cl. The van der Waals surface area contributed by atoms with Crippen molar-refractivity contribution in [3.8, 4) is 5.82 Å². The lowest BCUT2D eigenvalue weighted by Crippen LogP contribution is -2.49. The van der Waals surface area contributed by atoms with Gasteiger partial charge in [0.25, 0.3) is 0 Å². The van der Waals surface area contributed by atoms with Crippen LogP contribution in [0.5, 0.6) is 0 Å². The van der Waals surface area contributed by atoms with Crippen molar-refractivity contribution in [3.63, 3.8) is 0 Å². The molecule has 1 aliphatic heterocycles. The Morgan fingerprint density at radius 3 is 2.77 bits per heavy atom. The van der Waals surface area contributed by atoms with Gasteiger partial charge in [-0.2, -0.15) is 5.10 Å². The van der Waals surface area contributed by atoms with Gasteiger partial charge < -0.3 is 15.4 Å². The van der Waals surface area contributed by atoms with E-state index in [0.29, 0.717) is 13.2 Å². The maximum absolute atomic E-state index is 12.7. The number of piperidine rings is 1. The van der Waals surface area contributed by atoms with E-state index in [1.807, 2.05) is 24.4 Å². The highest BCUT2D eigenvalue weighted by Gasteiger charge is 2.39. The number of amides is 1. The van der Waals surface area contributed by atoms with E-state index in [0.717, 1.165) is 37.3 Å². The first-order chi connectivity index (χ1) is 11.7. The molecule has 0 unspecified atom stereocenters. The molecule has 3 rings (SSSR count). The molecular formula is C17H25Cl2N5O2. The van der Waals surface area contributed by atoms with Gasteiger partial charge in [-0.3, -0.25) is 4.79 Å². The zero-order chi connectivity index (χ0) is 16.8. The highest BCUT2D eigenvalue weighted by molar-refractivity contribution is 5.85. The van der Waals surface area contributed by atoms with Crippen molar-refractivity contribution in [2.45, 2.75) is 19.4 Å². The molecule has 0 atom stereocenters. The van der Waals surface area contributed by atoms with Gasteiger partial charge in [0.1, 0.15) is 0 Å². The summed E-state index contributed by atoms with van der Waals surface area (Å²) in [5.41, 5.74) is 0.558. The first-order valence-electron chi connectivity index (χ1n) is 8.16. The Bertz CT molecular complexity index is 670. The van der Waals surface area contributed by atoms with Crippen molar-refractivity contribution in [1.82, 2.24) is 25.4 Å². The molecule has 9 heteroatoms. The monoisotopic (exact) mass is 401 g/mol. The topological polar surface area (TPSA) is 81.1 Å². The first kappa shape index (κ1) is 22.4. The molecule has 0 radical (unpaired) electrons. The fourth-order valence-electron chi connectivity index (χ4n) is 3.09. The number of hydrogen-bond donors (Lipinski definition) is 2. The van der Waals surface area contributed by atoms with Crippen LogP contribution in [-0.2, 0) is 16.1 Å². The normalized spacial score (nSPS) is 15.4. The predicted octanol–water partition coefficient (Wildman–Crippen LogP) is 1.74. The molecule has 1 fully saturated rings. The highest BCUT2D eigenvalue weighted by atomic mass is 35.5. The summed E-state index contributed by atoms with van der Waals surface area (Å²) in [5, 5.41) is 10.5. The lowest BCUT2D eigenvalue weighted by Gasteiger charge is -2.35. The molecule has 7 nitrogen and oxygen atoms in total. The Morgan fingerprint density at radius 2 is 2.12 bits per heavy atom. The molecule has 0 saturated carbocycles. The second kappa shape index (κ2) is 10.5. The second-order valence-electron chi connectivity index (χ2n) is 6.12. The van der Waals surface area contributed by atoms with Crippen LogP contribution in [0.15, 0.2) is 36.8 Å². The average Bonchev–Trinajstić information content (AvgIpc) is 3.16. The summed E-state index contributed by atoms with van der Waals surface area (Å²) >= 11 is 0. The summed E-state index contributed by atoms with van der Waals surface area (Å²) in [6.45, 7) is 2.61. The van der Waals surface area contributed by atoms with Crippen molar-refractivity contribution in [1.29, 1.82) is 0 Å². The van der Waals surface area contributed by atoms with Crippen molar-refractivity contribution in [2.24, 2.45) is 5.41 Å². The number of methoxy groups -OCH3 is 1. The van der Waals surface area contributed by atoms with Crippen LogP contribution >= 0.6 is 24.8 Å². The smallest absolute Gasteiger partial charge is 0.228 e. The number of carbonyl (C=O) groups excluding carboxylic acids is 1. The van der Waals surface area contributed by atoms with Crippen LogP contribution < -0.4 is 10.6 Å². The quantitative estimate of drug-likeness (QED) is 0.770. The molecule has 0 aromatic carbocycles. The number of hydrogen-bond acceptors (Lipinski definition) is 5. The van der Waals surface area contributed by atoms with Crippen LogP contribution in [0.2, 0.25) is 0 Å². The number of nitrogens with one attached hydrogen (secondary N) is 2. The van der Waals surface area contributed by atoms with Gasteiger partial charge in [0, 0.05) is 32.2 Å². The van der Waals surface area contributed by atoms with Gasteiger partial charge in [0.15, 0.2) is 5.82 Å². The molecule has 0 aliphatic carbocycles. The fourth-order valence-corrected chi connectivity index (χ4v) is 3.09. The maximum Gasteiger partial charge on any atom is 0.228 e. The largest absolute Gasteiger partial charge is 0.384 e. The Morgan fingerprint density at radius 1 is 1.35 bits per heavy atom. The van der Waals surface area contributed by atoms with E-state index in [1.165, 1.54) is 0 Å². The van der Waals surface area contributed by atoms with Gasteiger partial charge in [-0.1, -0.05) is 0 Å². The molecule has 1 aliphatic rings. The Labute approximate surface area is 165 Å². The van der Waals surface area contributed by atoms with E-state index in [9.17, 15) is 4.79 Å². The molecule has 2 N–H and O–H groups in total. The number of ether oxygens (including phenoxy) is 1. The summed E-state index contributed by atoms with van der Waals surface area (Å²) in [6, 6.07) is 5.68. The van der Waals surface area contributed by atoms with E-state index in [1.54, 1.807) is 24.2 Å². The minimum Gasteiger partial charge on any atom is -0.384 e. The van der Waals surface area contributed by atoms with E-state index in [-0.39, 0.29) is 30.7 Å². The summed E-state index contributed by atoms with van der Waals surface area (Å²) in [5.74, 6) is 0.795. The molecular weight excluding hydrogens is 377 g/mol. The van der Waals surface area contributed by atoms with Gasteiger partial charge in [-0.15, -0.1) is 24.8 Å². The van der Waals surface area contributed by atoms with Crippen LogP contribution in [-0.4, -0.2) is 47.5 Å². The highest BCUT2D eigenvalue weighted by Crippen LogP contribution is 2.29. The Balaban J connectivity index is 0.00000169. The summed E-state index contributed by atoms with van der Waals surface area (Å²) in [6.07, 6.45) is 6.87. The van der Waals surface area contributed by atoms with Crippen LogP contribution in [0.4, 0.5) is 0 Å².